The topological polar surface area (TPSA) is 59.9 Å². The molecule has 0 spiro atoms. The third-order valence-electron chi connectivity index (χ3n) is 3.21. The highest BCUT2D eigenvalue weighted by Gasteiger charge is 2.14. The van der Waals surface area contributed by atoms with Crippen molar-refractivity contribution in [1.29, 1.82) is 0 Å². The van der Waals surface area contributed by atoms with Crippen LogP contribution in [0.15, 0.2) is 58.5 Å². The molecule has 0 unspecified atom stereocenters. The van der Waals surface area contributed by atoms with Gasteiger partial charge in [0, 0.05) is 4.90 Å². The second-order valence-electron chi connectivity index (χ2n) is 4.92. The van der Waals surface area contributed by atoms with Crippen LogP contribution in [0.1, 0.15) is 12.5 Å². The molecule has 1 atom stereocenters. The number of nitrogens with zero attached hydrogens (tertiary/aromatic N) is 1. The van der Waals surface area contributed by atoms with Crippen molar-refractivity contribution in [2.75, 3.05) is 6.79 Å². The summed E-state index contributed by atoms with van der Waals surface area (Å²) in [5, 5.41) is 3.77. The van der Waals surface area contributed by atoms with Crippen LogP contribution in [-0.4, -0.2) is 24.2 Å². The second kappa shape index (κ2) is 7.19. The van der Waals surface area contributed by atoms with Gasteiger partial charge in [-0.25, -0.2) is 5.43 Å². The van der Waals surface area contributed by atoms with E-state index in [0.717, 1.165) is 16.2 Å². The van der Waals surface area contributed by atoms with Crippen LogP contribution in [0.25, 0.3) is 0 Å². The predicted octanol–water partition coefficient (Wildman–Crippen LogP) is 3.05. The Kier molecular flexibility index (Phi) is 4.83. The van der Waals surface area contributed by atoms with Gasteiger partial charge in [0.15, 0.2) is 11.5 Å². The first kappa shape index (κ1) is 15.4. The van der Waals surface area contributed by atoms with Crippen LogP contribution in [0.4, 0.5) is 0 Å². The lowest BCUT2D eigenvalue weighted by Gasteiger charge is -2.09. The lowest BCUT2D eigenvalue weighted by molar-refractivity contribution is -0.120. The minimum atomic E-state index is -0.230. The molecule has 1 N–H and O–H groups in total. The molecule has 0 saturated carbocycles. The highest BCUT2D eigenvalue weighted by atomic mass is 32.2. The van der Waals surface area contributed by atoms with Crippen LogP contribution >= 0.6 is 11.8 Å². The zero-order valence-electron chi connectivity index (χ0n) is 12.6. The number of fused-ring (bicyclic) bond motifs is 1. The monoisotopic (exact) mass is 328 g/mol. The van der Waals surface area contributed by atoms with Crippen molar-refractivity contribution in [3.63, 3.8) is 0 Å². The summed E-state index contributed by atoms with van der Waals surface area (Å²) in [5.41, 5.74) is 3.39. The van der Waals surface area contributed by atoms with Crippen LogP contribution < -0.4 is 14.9 Å². The predicted molar refractivity (Wildman–Crippen MR) is 90.1 cm³/mol. The number of carbonyl (C=O) groups is 1. The van der Waals surface area contributed by atoms with E-state index in [9.17, 15) is 4.79 Å². The first-order valence-corrected chi connectivity index (χ1v) is 8.04. The van der Waals surface area contributed by atoms with E-state index in [2.05, 4.69) is 10.5 Å². The van der Waals surface area contributed by atoms with Crippen LogP contribution in [0, 0.1) is 0 Å². The Morgan fingerprint density at radius 2 is 2.00 bits per heavy atom. The van der Waals surface area contributed by atoms with Gasteiger partial charge in [0.25, 0.3) is 5.91 Å². The lowest BCUT2D eigenvalue weighted by atomic mass is 10.2. The van der Waals surface area contributed by atoms with Crippen molar-refractivity contribution in [3.8, 4) is 11.5 Å². The summed E-state index contributed by atoms with van der Waals surface area (Å²) in [4.78, 5) is 13.1. The van der Waals surface area contributed by atoms with Gasteiger partial charge in [-0.2, -0.15) is 5.10 Å². The molecule has 0 aromatic heterocycles. The van der Waals surface area contributed by atoms with Crippen molar-refractivity contribution in [2.45, 2.75) is 17.1 Å². The first-order chi connectivity index (χ1) is 11.2. The number of hydrogen-bond acceptors (Lipinski definition) is 5. The highest BCUT2D eigenvalue weighted by molar-refractivity contribution is 8.00. The number of amides is 1. The van der Waals surface area contributed by atoms with Crippen molar-refractivity contribution in [3.05, 3.63) is 54.1 Å². The number of rotatable bonds is 5. The molecule has 1 heterocycles. The summed E-state index contributed by atoms with van der Waals surface area (Å²) in [6.45, 7) is 2.09. The van der Waals surface area contributed by atoms with Crippen LogP contribution in [0.2, 0.25) is 0 Å². The van der Waals surface area contributed by atoms with E-state index >= 15 is 0 Å². The van der Waals surface area contributed by atoms with E-state index in [1.54, 1.807) is 6.21 Å². The van der Waals surface area contributed by atoms with Gasteiger partial charge in [-0.1, -0.05) is 18.2 Å². The number of nitrogens with one attached hydrogen (secondary N) is 1. The molecule has 0 radical (unpaired) electrons. The standard InChI is InChI=1S/C17H16N2O3S/c1-12(23-14-5-3-2-4-6-14)17(20)19-18-10-13-7-8-15-16(9-13)22-11-21-15/h2-10,12H,11H2,1H3,(H,19,20)/b18-10-/t12-/m1/s1. The molecule has 6 heteroatoms. The van der Waals surface area contributed by atoms with E-state index in [-0.39, 0.29) is 18.0 Å². The Bertz CT molecular complexity index is 719. The Balaban J connectivity index is 1.54. The third kappa shape index (κ3) is 4.04. The number of ether oxygens (including phenoxy) is 2. The molecule has 1 amide bonds. The van der Waals surface area contributed by atoms with Gasteiger partial charge in [-0.15, -0.1) is 11.8 Å². The molecule has 0 aliphatic carbocycles. The van der Waals surface area contributed by atoms with Gasteiger partial charge >= 0.3 is 0 Å². The summed E-state index contributed by atoms with van der Waals surface area (Å²) < 4.78 is 10.5. The fraction of sp³-hybridized carbons (Fsp3) is 0.176. The normalized spacial score (nSPS) is 14.0. The van der Waals surface area contributed by atoms with Crippen molar-refractivity contribution < 1.29 is 14.3 Å². The zero-order chi connectivity index (χ0) is 16.1. The maximum atomic E-state index is 12.0. The number of hydrogen-bond donors (Lipinski definition) is 1. The minimum absolute atomic E-state index is 0.143. The lowest BCUT2D eigenvalue weighted by Crippen LogP contribution is -2.26. The third-order valence-corrected chi connectivity index (χ3v) is 4.32. The van der Waals surface area contributed by atoms with E-state index in [4.69, 9.17) is 9.47 Å². The Labute approximate surface area is 138 Å². The van der Waals surface area contributed by atoms with Gasteiger partial charge in [-0.05, 0) is 42.8 Å². The van der Waals surface area contributed by atoms with E-state index in [1.807, 2.05) is 55.5 Å². The number of hydrazone groups is 1. The Hall–Kier alpha value is -2.47. The molecular formula is C17H16N2O3S. The second-order valence-corrected chi connectivity index (χ2v) is 6.33. The van der Waals surface area contributed by atoms with Crippen molar-refractivity contribution in [2.24, 2.45) is 5.10 Å². The fourth-order valence-corrected chi connectivity index (χ4v) is 2.89. The summed E-state index contributed by atoms with van der Waals surface area (Å²) in [5.74, 6) is 1.27. The molecule has 5 nitrogen and oxygen atoms in total. The van der Waals surface area contributed by atoms with Gasteiger partial charge < -0.3 is 9.47 Å². The van der Waals surface area contributed by atoms with Gasteiger partial charge in [0.1, 0.15) is 0 Å². The molecule has 118 valence electrons. The molecule has 2 aromatic rings. The molecule has 0 bridgehead atoms. The molecule has 0 fully saturated rings. The fourth-order valence-electron chi connectivity index (χ4n) is 2.01. The zero-order valence-corrected chi connectivity index (χ0v) is 13.4. The highest BCUT2D eigenvalue weighted by Crippen LogP contribution is 2.31. The molecule has 0 saturated heterocycles. The van der Waals surface area contributed by atoms with Gasteiger partial charge in [0.05, 0.1) is 11.5 Å². The molecule has 1 aliphatic rings. The number of carbonyl (C=O) groups excluding carboxylic acids is 1. The summed E-state index contributed by atoms with van der Waals surface area (Å²) in [6, 6.07) is 15.3. The van der Waals surface area contributed by atoms with Crippen LogP contribution in [-0.2, 0) is 4.79 Å². The Morgan fingerprint density at radius 3 is 2.83 bits per heavy atom. The first-order valence-electron chi connectivity index (χ1n) is 7.16. The van der Waals surface area contributed by atoms with Crippen LogP contribution in [0.3, 0.4) is 0 Å². The quantitative estimate of drug-likeness (QED) is 0.521. The summed E-state index contributed by atoms with van der Waals surface area (Å²) >= 11 is 1.49. The summed E-state index contributed by atoms with van der Waals surface area (Å²) in [6.07, 6.45) is 1.58. The molecular weight excluding hydrogens is 312 g/mol. The average molecular weight is 328 g/mol. The Morgan fingerprint density at radius 1 is 1.22 bits per heavy atom. The maximum Gasteiger partial charge on any atom is 0.253 e. The van der Waals surface area contributed by atoms with Crippen molar-refractivity contribution in [1.82, 2.24) is 5.43 Å². The smallest absolute Gasteiger partial charge is 0.253 e. The van der Waals surface area contributed by atoms with Crippen LogP contribution in [0.5, 0.6) is 11.5 Å². The van der Waals surface area contributed by atoms with E-state index in [1.165, 1.54) is 11.8 Å². The average Bonchev–Trinajstić information content (AvgIpc) is 3.03. The van der Waals surface area contributed by atoms with E-state index in [0.29, 0.717) is 5.75 Å². The number of thioether (sulfide) groups is 1. The number of benzene rings is 2. The maximum absolute atomic E-state index is 12.0. The van der Waals surface area contributed by atoms with E-state index < -0.39 is 0 Å². The van der Waals surface area contributed by atoms with Gasteiger partial charge in [0.2, 0.25) is 6.79 Å². The van der Waals surface area contributed by atoms with Gasteiger partial charge in [-0.3, -0.25) is 4.79 Å². The largest absolute Gasteiger partial charge is 0.454 e. The molecule has 23 heavy (non-hydrogen) atoms. The van der Waals surface area contributed by atoms with Crippen molar-refractivity contribution >= 4 is 23.9 Å². The molecule has 2 aromatic carbocycles. The minimum Gasteiger partial charge on any atom is -0.454 e. The summed E-state index contributed by atoms with van der Waals surface area (Å²) in [7, 11) is 0. The molecule has 1 aliphatic heterocycles. The SMILES string of the molecule is C[C@@H](Sc1ccccc1)C(=O)N/N=C\c1ccc2c(c1)OCO2. The molecule has 3 rings (SSSR count).